The van der Waals surface area contributed by atoms with Crippen LogP contribution in [0.1, 0.15) is 52.7 Å². The minimum atomic E-state index is 0.0811. The van der Waals surface area contributed by atoms with Crippen LogP contribution in [0, 0.1) is 0 Å². The third-order valence-electron chi connectivity index (χ3n) is 2.67. The summed E-state index contributed by atoms with van der Waals surface area (Å²) >= 11 is 9.91. The van der Waals surface area contributed by atoms with Crippen LogP contribution in [0.5, 0.6) is 0 Å². The van der Waals surface area contributed by atoms with Gasteiger partial charge in [-0.2, -0.15) is 0 Å². The predicted octanol–water partition coefficient (Wildman–Crippen LogP) is 5.70. The number of rotatable bonds is 0. The number of benzene rings is 1. The summed E-state index contributed by atoms with van der Waals surface area (Å²) in [4.78, 5) is 0. The minimum Gasteiger partial charge on any atom is -0.0840 e. The lowest BCUT2D eigenvalue weighted by Crippen LogP contribution is -2.17. The van der Waals surface area contributed by atoms with Crippen molar-refractivity contribution in [1.29, 1.82) is 0 Å². The molecule has 2 heteroatoms. The second-order valence-corrected chi connectivity index (χ2v) is 7.57. The molecule has 1 aromatic carbocycles. The fourth-order valence-electron chi connectivity index (χ4n) is 1.70. The lowest BCUT2D eigenvalue weighted by molar-refractivity contribution is 0.566. The SMILES string of the molecule is CC(C)(C)c1cc(C(C)(C)C)c(Br)cc1Cl. The Morgan fingerprint density at radius 1 is 0.875 bits per heavy atom. The van der Waals surface area contributed by atoms with E-state index in [1.165, 1.54) is 11.1 Å². The van der Waals surface area contributed by atoms with Crippen LogP contribution in [0.15, 0.2) is 16.6 Å². The Morgan fingerprint density at radius 3 is 1.69 bits per heavy atom. The molecule has 0 aliphatic rings. The maximum absolute atomic E-state index is 6.31. The third-order valence-corrected chi connectivity index (χ3v) is 3.64. The predicted molar refractivity (Wildman–Crippen MR) is 76.6 cm³/mol. The molecule has 90 valence electrons. The largest absolute Gasteiger partial charge is 0.0840 e. The molecular formula is C14H20BrCl. The highest BCUT2D eigenvalue weighted by molar-refractivity contribution is 9.10. The summed E-state index contributed by atoms with van der Waals surface area (Å²) in [7, 11) is 0. The fourth-order valence-corrected chi connectivity index (χ4v) is 3.22. The maximum Gasteiger partial charge on any atom is 0.0454 e. The van der Waals surface area contributed by atoms with Crippen molar-refractivity contribution in [2.45, 2.75) is 52.4 Å². The molecule has 0 radical (unpaired) electrons. The maximum atomic E-state index is 6.31. The van der Waals surface area contributed by atoms with Gasteiger partial charge in [0.25, 0.3) is 0 Å². The zero-order valence-corrected chi connectivity index (χ0v) is 13.3. The number of hydrogen-bond acceptors (Lipinski definition) is 0. The Hall–Kier alpha value is -0.0100. The van der Waals surface area contributed by atoms with Crippen LogP contribution >= 0.6 is 27.5 Å². The Kier molecular flexibility index (Phi) is 3.81. The second-order valence-electron chi connectivity index (χ2n) is 6.31. The molecule has 0 heterocycles. The summed E-state index contributed by atoms with van der Waals surface area (Å²) in [5, 5.41) is 0.840. The summed E-state index contributed by atoms with van der Waals surface area (Å²) in [5.41, 5.74) is 2.73. The molecule has 0 bridgehead atoms. The van der Waals surface area contributed by atoms with Crippen molar-refractivity contribution in [3.8, 4) is 0 Å². The Bertz CT molecular complexity index is 359. The van der Waals surface area contributed by atoms with Crippen molar-refractivity contribution in [3.05, 3.63) is 32.8 Å². The van der Waals surface area contributed by atoms with E-state index < -0.39 is 0 Å². The van der Waals surface area contributed by atoms with E-state index in [9.17, 15) is 0 Å². The normalized spacial score (nSPS) is 13.0. The monoisotopic (exact) mass is 302 g/mol. The molecule has 0 aliphatic heterocycles. The molecule has 0 nitrogen and oxygen atoms in total. The highest BCUT2D eigenvalue weighted by Crippen LogP contribution is 2.38. The lowest BCUT2D eigenvalue weighted by atomic mass is 9.81. The first kappa shape index (κ1) is 14.1. The molecule has 1 aromatic rings. The highest BCUT2D eigenvalue weighted by Gasteiger charge is 2.23. The van der Waals surface area contributed by atoms with Gasteiger partial charge in [0.05, 0.1) is 0 Å². The molecular weight excluding hydrogens is 284 g/mol. The molecule has 0 amide bonds. The van der Waals surface area contributed by atoms with Crippen LogP contribution in [0.2, 0.25) is 5.02 Å². The lowest BCUT2D eigenvalue weighted by Gasteiger charge is -2.27. The van der Waals surface area contributed by atoms with Gasteiger partial charge in [-0.1, -0.05) is 75.1 Å². The molecule has 0 aliphatic carbocycles. The summed E-state index contributed by atoms with van der Waals surface area (Å²) in [6, 6.07) is 4.25. The van der Waals surface area contributed by atoms with Crippen LogP contribution in [0.4, 0.5) is 0 Å². The molecule has 1 rings (SSSR count). The Labute approximate surface area is 113 Å². The average molecular weight is 304 g/mol. The van der Waals surface area contributed by atoms with E-state index in [1.807, 2.05) is 6.07 Å². The van der Waals surface area contributed by atoms with Crippen molar-refractivity contribution in [2.24, 2.45) is 0 Å². The van der Waals surface area contributed by atoms with Gasteiger partial charge in [0.1, 0.15) is 0 Å². The van der Waals surface area contributed by atoms with Gasteiger partial charge in [0.2, 0.25) is 0 Å². The van der Waals surface area contributed by atoms with E-state index in [0.29, 0.717) is 0 Å². The van der Waals surface area contributed by atoms with Gasteiger partial charge in [-0.15, -0.1) is 0 Å². The van der Waals surface area contributed by atoms with E-state index in [0.717, 1.165) is 9.50 Å². The first-order valence-electron chi connectivity index (χ1n) is 5.53. The summed E-state index contributed by atoms with van der Waals surface area (Å²) in [5.74, 6) is 0. The number of hydrogen-bond donors (Lipinski definition) is 0. The number of halogens is 2. The molecule has 16 heavy (non-hydrogen) atoms. The molecule has 0 aromatic heterocycles. The van der Waals surface area contributed by atoms with Gasteiger partial charge >= 0.3 is 0 Å². The van der Waals surface area contributed by atoms with Gasteiger partial charge in [-0.25, -0.2) is 0 Å². The Balaban J connectivity index is 3.45. The van der Waals surface area contributed by atoms with E-state index in [1.54, 1.807) is 0 Å². The standard InChI is InChI=1S/C14H20BrCl/c1-13(2,3)9-7-10(14(4,5)6)12(16)8-11(9)15/h7-8H,1-6H3. The van der Waals surface area contributed by atoms with Gasteiger partial charge in [-0.05, 0) is 28.0 Å². The zero-order valence-electron chi connectivity index (χ0n) is 10.9. The van der Waals surface area contributed by atoms with E-state index in [4.69, 9.17) is 11.6 Å². The fraction of sp³-hybridized carbons (Fsp3) is 0.571. The Morgan fingerprint density at radius 2 is 1.31 bits per heavy atom. The molecule has 0 unspecified atom stereocenters. The third kappa shape index (κ3) is 3.01. The van der Waals surface area contributed by atoms with E-state index in [-0.39, 0.29) is 10.8 Å². The van der Waals surface area contributed by atoms with Crippen LogP contribution in [-0.4, -0.2) is 0 Å². The highest BCUT2D eigenvalue weighted by atomic mass is 79.9. The molecule has 0 saturated carbocycles. The van der Waals surface area contributed by atoms with Gasteiger partial charge in [0.15, 0.2) is 0 Å². The van der Waals surface area contributed by atoms with Crippen molar-refractivity contribution >= 4 is 27.5 Å². The molecule has 0 spiro atoms. The second kappa shape index (κ2) is 4.34. The molecule has 0 fully saturated rings. The van der Waals surface area contributed by atoms with Crippen LogP contribution < -0.4 is 0 Å². The van der Waals surface area contributed by atoms with Crippen molar-refractivity contribution < 1.29 is 0 Å². The van der Waals surface area contributed by atoms with Crippen LogP contribution in [0.3, 0.4) is 0 Å². The first-order valence-corrected chi connectivity index (χ1v) is 6.70. The van der Waals surface area contributed by atoms with Gasteiger partial charge in [0, 0.05) is 9.50 Å². The first-order chi connectivity index (χ1) is 7.03. The summed E-state index contributed by atoms with van der Waals surface area (Å²) < 4.78 is 1.10. The van der Waals surface area contributed by atoms with Crippen LogP contribution in [0.25, 0.3) is 0 Å². The van der Waals surface area contributed by atoms with E-state index >= 15 is 0 Å². The smallest absolute Gasteiger partial charge is 0.0454 e. The average Bonchev–Trinajstić information content (AvgIpc) is 1.97. The topological polar surface area (TPSA) is 0 Å². The van der Waals surface area contributed by atoms with Crippen molar-refractivity contribution in [1.82, 2.24) is 0 Å². The molecule has 0 atom stereocenters. The molecule has 0 N–H and O–H groups in total. The van der Waals surface area contributed by atoms with Crippen molar-refractivity contribution in [3.63, 3.8) is 0 Å². The van der Waals surface area contributed by atoms with Gasteiger partial charge < -0.3 is 0 Å². The van der Waals surface area contributed by atoms with Crippen molar-refractivity contribution in [2.75, 3.05) is 0 Å². The van der Waals surface area contributed by atoms with Crippen LogP contribution in [-0.2, 0) is 10.8 Å². The van der Waals surface area contributed by atoms with Gasteiger partial charge in [-0.3, -0.25) is 0 Å². The molecule has 0 saturated heterocycles. The quantitative estimate of drug-likeness (QED) is 0.577. The van der Waals surface area contributed by atoms with E-state index in [2.05, 4.69) is 63.5 Å². The summed E-state index contributed by atoms with van der Waals surface area (Å²) in [6.07, 6.45) is 0. The minimum absolute atomic E-state index is 0.0811. The summed E-state index contributed by atoms with van der Waals surface area (Å²) in [6.45, 7) is 13.2. The zero-order chi connectivity index (χ0) is 12.7.